The molecule has 2 aromatic carbocycles. The molecule has 5 rings (SSSR count). The van der Waals surface area contributed by atoms with Crippen molar-refractivity contribution in [3.63, 3.8) is 0 Å². The second-order valence-electron chi connectivity index (χ2n) is 8.03. The van der Waals surface area contributed by atoms with Crippen LogP contribution in [0.25, 0.3) is 10.3 Å². The van der Waals surface area contributed by atoms with Gasteiger partial charge in [0.25, 0.3) is 5.56 Å². The maximum atomic E-state index is 13.0. The molecule has 162 valence electrons. The number of nitrogens with zero attached hydrogens (tertiary/aromatic N) is 4. The molecule has 4 aromatic rings. The Kier molecular flexibility index (Phi) is 5.45. The van der Waals surface area contributed by atoms with E-state index in [1.165, 1.54) is 27.8 Å². The maximum absolute atomic E-state index is 13.0. The number of aryl methyl sites for hydroxylation is 1. The first kappa shape index (κ1) is 20.4. The molecule has 0 spiro atoms. The number of rotatable bonds is 6. The first-order chi connectivity index (χ1) is 15.6. The Hall–Kier alpha value is -3.52. The fraction of sp³-hybridized carbons (Fsp3) is 0.250. The molecule has 1 atom stereocenters. The van der Waals surface area contributed by atoms with Gasteiger partial charge in [-0.05, 0) is 29.5 Å². The molecule has 0 fully saturated rings. The quantitative estimate of drug-likeness (QED) is 0.493. The predicted molar refractivity (Wildman–Crippen MR) is 126 cm³/mol. The molecule has 7 nitrogen and oxygen atoms in total. The van der Waals surface area contributed by atoms with Crippen LogP contribution in [0.5, 0.6) is 0 Å². The van der Waals surface area contributed by atoms with Gasteiger partial charge in [0.2, 0.25) is 5.91 Å². The van der Waals surface area contributed by atoms with Gasteiger partial charge in [-0.2, -0.15) is 4.98 Å². The molecule has 32 heavy (non-hydrogen) atoms. The lowest BCUT2D eigenvalue weighted by Crippen LogP contribution is -2.34. The van der Waals surface area contributed by atoms with E-state index < -0.39 is 0 Å². The number of anilines is 1. The Morgan fingerprint density at radius 3 is 2.81 bits per heavy atom. The second kappa shape index (κ2) is 8.55. The molecule has 0 unspecified atom stereocenters. The highest BCUT2D eigenvalue weighted by atomic mass is 32.1. The summed E-state index contributed by atoms with van der Waals surface area (Å²) in [5, 5.41) is 3.78. The van der Waals surface area contributed by atoms with E-state index in [1.807, 2.05) is 42.3 Å². The van der Waals surface area contributed by atoms with E-state index >= 15 is 0 Å². The predicted octanol–water partition coefficient (Wildman–Crippen LogP) is 3.29. The van der Waals surface area contributed by atoms with E-state index in [0.29, 0.717) is 16.9 Å². The molecule has 1 N–H and O–H groups in total. The number of amides is 1. The van der Waals surface area contributed by atoms with Crippen molar-refractivity contribution in [3.8, 4) is 0 Å². The van der Waals surface area contributed by atoms with Crippen LogP contribution in [0, 0.1) is 0 Å². The number of hydrogen-bond donors (Lipinski definition) is 1. The summed E-state index contributed by atoms with van der Waals surface area (Å²) in [4.78, 5) is 36.5. The highest BCUT2D eigenvalue weighted by Crippen LogP contribution is 2.30. The zero-order valence-corrected chi connectivity index (χ0v) is 18.5. The highest BCUT2D eigenvalue weighted by molar-refractivity contribution is 7.22. The average Bonchev–Trinajstić information content (AvgIpc) is 3.42. The summed E-state index contributed by atoms with van der Waals surface area (Å²) in [7, 11) is 1.94. The molecular formula is C24H23N5O2S. The largest absolute Gasteiger partial charge is 0.348 e. The molecule has 8 heteroatoms. The van der Waals surface area contributed by atoms with Gasteiger partial charge in [0.1, 0.15) is 17.6 Å². The SMILES string of the molecule is CN(Cc1ccccc1)c1nc2ncn(CC(=O)N[C@@H]3CCc4ccccc43)c(=O)c2s1. The molecule has 1 aliphatic rings. The number of carbonyl (C=O) groups is 1. The van der Waals surface area contributed by atoms with Crippen molar-refractivity contribution in [1.29, 1.82) is 0 Å². The number of nitrogens with one attached hydrogen (secondary N) is 1. The zero-order chi connectivity index (χ0) is 22.1. The van der Waals surface area contributed by atoms with Crippen LogP contribution in [0.15, 0.2) is 65.7 Å². The van der Waals surface area contributed by atoms with Crippen molar-refractivity contribution in [2.75, 3.05) is 11.9 Å². The molecule has 0 saturated heterocycles. The van der Waals surface area contributed by atoms with Gasteiger partial charge in [-0.25, -0.2) is 4.98 Å². The van der Waals surface area contributed by atoms with Crippen LogP contribution >= 0.6 is 11.3 Å². The third kappa shape index (κ3) is 4.01. The second-order valence-corrected chi connectivity index (χ2v) is 9.00. The van der Waals surface area contributed by atoms with Gasteiger partial charge in [-0.15, -0.1) is 0 Å². The fourth-order valence-corrected chi connectivity index (χ4v) is 5.07. The van der Waals surface area contributed by atoms with Crippen LogP contribution in [0.1, 0.15) is 29.2 Å². The van der Waals surface area contributed by atoms with Crippen molar-refractivity contribution in [2.45, 2.75) is 32.0 Å². The molecule has 2 aromatic heterocycles. The van der Waals surface area contributed by atoms with Gasteiger partial charge in [-0.3, -0.25) is 14.2 Å². The minimum atomic E-state index is -0.242. The van der Waals surface area contributed by atoms with Gasteiger partial charge in [0.15, 0.2) is 10.8 Å². The first-order valence-electron chi connectivity index (χ1n) is 10.6. The monoisotopic (exact) mass is 445 g/mol. The third-order valence-corrected chi connectivity index (χ3v) is 6.89. The van der Waals surface area contributed by atoms with E-state index in [4.69, 9.17) is 0 Å². The summed E-state index contributed by atoms with van der Waals surface area (Å²) in [5.74, 6) is -0.194. The van der Waals surface area contributed by atoms with Gasteiger partial charge in [-0.1, -0.05) is 65.9 Å². The Morgan fingerprint density at radius 1 is 1.19 bits per heavy atom. The van der Waals surface area contributed by atoms with Crippen molar-refractivity contribution in [3.05, 3.63) is 88.0 Å². The van der Waals surface area contributed by atoms with Gasteiger partial charge >= 0.3 is 0 Å². The van der Waals surface area contributed by atoms with Crippen LogP contribution in [0.4, 0.5) is 5.13 Å². The van der Waals surface area contributed by atoms with E-state index in [9.17, 15) is 9.59 Å². The summed E-state index contributed by atoms with van der Waals surface area (Å²) >= 11 is 1.30. The average molecular weight is 446 g/mol. The number of fused-ring (bicyclic) bond motifs is 2. The number of hydrogen-bond acceptors (Lipinski definition) is 6. The Morgan fingerprint density at radius 2 is 1.97 bits per heavy atom. The zero-order valence-electron chi connectivity index (χ0n) is 17.7. The van der Waals surface area contributed by atoms with E-state index in [1.54, 1.807) is 0 Å². The number of thiazole rings is 1. The molecule has 1 amide bonds. The van der Waals surface area contributed by atoms with Crippen molar-refractivity contribution in [2.24, 2.45) is 0 Å². The van der Waals surface area contributed by atoms with E-state index in [-0.39, 0.29) is 24.1 Å². The molecule has 0 saturated carbocycles. The fourth-order valence-electron chi connectivity index (χ4n) is 4.14. The summed E-state index contributed by atoms with van der Waals surface area (Å²) in [6, 6.07) is 18.2. The number of carbonyl (C=O) groups excluding carboxylic acids is 1. The molecule has 0 bridgehead atoms. The molecule has 2 heterocycles. The van der Waals surface area contributed by atoms with Crippen molar-refractivity contribution in [1.82, 2.24) is 19.9 Å². The Labute approximate surface area is 189 Å². The maximum Gasteiger partial charge on any atom is 0.273 e. The third-order valence-electron chi connectivity index (χ3n) is 5.74. The van der Waals surface area contributed by atoms with E-state index in [2.05, 4.69) is 39.6 Å². The summed E-state index contributed by atoms with van der Waals surface area (Å²) in [6.07, 6.45) is 3.24. The van der Waals surface area contributed by atoms with Gasteiger partial charge in [0, 0.05) is 13.6 Å². The molecule has 0 aliphatic heterocycles. The van der Waals surface area contributed by atoms with Crippen molar-refractivity contribution >= 4 is 32.7 Å². The lowest BCUT2D eigenvalue weighted by Gasteiger charge is -2.15. The van der Waals surface area contributed by atoms with Crippen LogP contribution in [0.2, 0.25) is 0 Å². The van der Waals surface area contributed by atoms with Crippen LogP contribution in [-0.2, 0) is 24.3 Å². The summed E-state index contributed by atoms with van der Waals surface area (Å²) in [5.41, 5.74) is 3.76. The summed E-state index contributed by atoms with van der Waals surface area (Å²) in [6.45, 7) is 0.619. The Balaban J connectivity index is 1.31. The standard InChI is InChI=1S/C24H23N5O2S/c1-28(13-16-7-3-2-4-8-16)24-27-22-21(32-24)23(31)29(15-25-22)14-20(30)26-19-12-11-17-9-5-6-10-18(17)19/h2-10,15,19H,11-14H2,1H3,(H,26,30)/t19-/m1/s1. The molecular weight excluding hydrogens is 422 g/mol. The lowest BCUT2D eigenvalue weighted by molar-refractivity contribution is -0.122. The number of benzene rings is 2. The smallest absolute Gasteiger partial charge is 0.273 e. The van der Waals surface area contributed by atoms with Crippen LogP contribution < -0.4 is 15.8 Å². The minimum absolute atomic E-state index is 0.00673. The van der Waals surface area contributed by atoms with Crippen LogP contribution in [-0.4, -0.2) is 27.5 Å². The normalized spacial score (nSPS) is 15.0. The first-order valence-corrected chi connectivity index (χ1v) is 11.4. The minimum Gasteiger partial charge on any atom is -0.348 e. The topological polar surface area (TPSA) is 80.1 Å². The van der Waals surface area contributed by atoms with Gasteiger partial charge in [0.05, 0.1) is 6.04 Å². The van der Waals surface area contributed by atoms with Crippen LogP contribution in [0.3, 0.4) is 0 Å². The van der Waals surface area contributed by atoms with E-state index in [0.717, 1.165) is 29.1 Å². The molecule has 0 radical (unpaired) electrons. The Bertz CT molecular complexity index is 1330. The highest BCUT2D eigenvalue weighted by Gasteiger charge is 2.23. The summed E-state index contributed by atoms with van der Waals surface area (Å²) < 4.78 is 1.82. The number of aromatic nitrogens is 3. The van der Waals surface area contributed by atoms with Crippen molar-refractivity contribution < 1.29 is 4.79 Å². The molecule has 1 aliphatic carbocycles. The van der Waals surface area contributed by atoms with Gasteiger partial charge < -0.3 is 10.2 Å². The lowest BCUT2D eigenvalue weighted by atomic mass is 10.1.